The number of nitrogens with one attached hydrogen (secondary N) is 1. The second-order valence-electron chi connectivity index (χ2n) is 6.07. The zero-order chi connectivity index (χ0) is 14.7. The van der Waals surface area contributed by atoms with Crippen LogP contribution < -0.4 is 5.32 Å². The Morgan fingerprint density at radius 3 is 2.75 bits per heavy atom. The van der Waals surface area contributed by atoms with Crippen molar-refractivity contribution in [1.29, 1.82) is 0 Å². The normalized spacial score (nSPS) is 21.8. The molecule has 0 radical (unpaired) electrons. The first-order chi connectivity index (χ1) is 9.51. The number of aromatic nitrogens is 1. The third kappa shape index (κ3) is 3.79. The summed E-state index contributed by atoms with van der Waals surface area (Å²) < 4.78 is 0. The van der Waals surface area contributed by atoms with Crippen LogP contribution in [0.15, 0.2) is 0 Å². The van der Waals surface area contributed by atoms with Gasteiger partial charge in [0.05, 0.1) is 11.7 Å². The van der Waals surface area contributed by atoms with E-state index < -0.39 is 0 Å². The molecule has 114 valence electrons. The monoisotopic (exact) mass is 296 g/mol. The molecule has 2 heterocycles. The number of nitrogens with zero attached hydrogens (tertiary/aromatic N) is 3. The lowest BCUT2D eigenvalue weighted by atomic mass is 10.2. The third-order valence-electron chi connectivity index (χ3n) is 3.94. The number of hydrogen-bond acceptors (Lipinski definition) is 5. The van der Waals surface area contributed by atoms with E-state index in [2.05, 4.69) is 50.0 Å². The second-order valence-corrected chi connectivity index (χ2v) is 7.18. The average Bonchev–Trinajstić information content (AvgIpc) is 2.82. The molecule has 0 saturated carbocycles. The molecule has 0 aliphatic carbocycles. The van der Waals surface area contributed by atoms with Gasteiger partial charge in [0.2, 0.25) is 0 Å². The van der Waals surface area contributed by atoms with Gasteiger partial charge in [-0.1, -0.05) is 20.8 Å². The molecule has 0 bridgehead atoms. The summed E-state index contributed by atoms with van der Waals surface area (Å²) in [5.74, 6) is 0. The minimum absolute atomic E-state index is 0.455. The summed E-state index contributed by atoms with van der Waals surface area (Å²) in [5, 5.41) is 4.81. The van der Waals surface area contributed by atoms with Crippen molar-refractivity contribution < 1.29 is 0 Å². The molecule has 20 heavy (non-hydrogen) atoms. The van der Waals surface area contributed by atoms with Crippen LogP contribution in [0, 0.1) is 0 Å². The van der Waals surface area contributed by atoms with Crippen molar-refractivity contribution in [2.45, 2.75) is 45.8 Å². The van der Waals surface area contributed by atoms with Gasteiger partial charge < -0.3 is 10.2 Å². The summed E-state index contributed by atoms with van der Waals surface area (Å²) >= 11 is 1.90. The Morgan fingerprint density at radius 2 is 2.10 bits per heavy atom. The maximum atomic E-state index is 4.93. The van der Waals surface area contributed by atoms with Crippen molar-refractivity contribution in [2.24, 2.45) is 0 Å². The molecular weight excluding hydrogens is 268 g/mol. The van der Waals surface area contributed by atoms with Gasteiger partial charge in [-0.2, -0.15) is 0 Å². The SMILES string of the molecule is CCc1nc(C2CN(C)CCN2C)sc1CNC(C)C. The van der Waals surface area contributed by atoms with Crippen LogP contribution >= 0.6 is 11.3 Å². The van der Waals surface area contributed by atoms with Crippen LogP contribution in [-0.4, -0.2) is 54.6 Å². The van der Waals surface area contributed by atoms with Crippen LogP contribution in [0.4, 0.5) is 0 Å². The van der Waals surface area contributed by atoms with Crippen molar-refractivity contribution in [3.8, 4) is 0 Å². The highest BCUT2D eigenvalue weighted by atomic mass is 32.1. The largest absolute Gasteiger partial charge is 0.310 e. The Labute approximate surface area is 127 Å². The summed E-state index contributed by atoms with van der Waals surface area (Å²) in [4.78, 5) is 11.2. The van der Waals surface area contributed by atoms with Gasteiger partial charge in [0.1, 0.15) is 5.01 Å². The molecule has 1 aromatic heterocycles. The van der Waals surface area contributed by atoms with Gasteiger partial charge in [-0.05, 0) is 20.5 Å². The van der Waals surface area contributed by atoms with E-state index in [1.54, 1.807) is 0 Å². The molecule has 1 fully saturated rings. The van der Waals surface area contributed by atoms with E-state index in [4.69, 9.17) is 4.98 Å². The van der Waals surface area contributed by atoms with Crippen LogP contribution in [0.5, 0.6) is 0 Å². The van der Waals surface area contributed by atoms with Gasteiger partial charge >= 0.3 is 0 Å². The van der Waals surface area contributed by atoms with Gasteiger partial charge in [0.25, 0.3) is 0 Å². The molecular formula is C15H28N4S. The number of thiazole rings is 1. The number of rotatable bonds is 5. The first-order valence-electron chi connectivity index (χ1n) is 7.61. The predicted molar refractivity (Wildman–Crippen MR) is 86.3 cm³/mol. The first kappa shape index (κ1) is 15.9. The molecule has 1 aliphatic rings. The van der Waals surface area contributed by atoms with Gasteiger partial charge in [0, 0.05) is 37.1 Å². The Balaban J connectivity index is 2.15. The van der Waals surface area contributed by atoms with E-state index in [0.717, 1.165) is 32.6 Å². The van der Waals surface area contributed by atoms with Crippen molar-refractivity contribution >= 4 is 11.3 Å². The van der Waals surface area contributed by atoms with Crippen LogP contribution in [-0.2, 0) is 13.0 Å². The van der Waals surface area contributed by atoms with E-state index in [-0.39, 0.29) is 0 Å². The molecule has 1 atom stereocenters. The minimum Gasteiger partial charge on any atom is -0.310 e. The summed E-state index contributed by atoms with van der Waals surface area (Å²) in [6, 6.07) is 0.977. The topological polar surface area (TPSA) is 31.4 Å². The summed E-state index contributed by atoms with van der Waals surface area (Å²) in [7, 11) is 4.42. The lowest BCUT2D eigenvalue weighted by Gasteiger charge is -2.36. The molecule has 0 amide bonds. The Bertz CT molecular complexity index is 430. The average molecular weight is 296 g/mol. The highest BCUT2D eigenvalue weighted by Gasteiger charge is 2.27. The van der Waals surface area contributed by atoms with E-state index in [0.29, 0.717) is 12.1 Å². The highest BCUT2D eigenvalue weighted by molar-refractivity contribution is 7.11. The fraction of sp³-hybridized carbons (Fsp3) is 0.800. The molecule has 1 N–H and O–H groups in total. The number of aryl methyl sites for hydroxylation is 1. The molecule has 5 heteroatoms. The van der Waals surface area contributed by atoms with Crippen LogP contribution in [0.3, 0.4) is 0 Å². The number of hydrogen-bond donors (Lipinski definition) is 1. The fourth-order valence-electron chi connectivity index (χ4n) is 2.53. The highest BCUT2D eigenvalue weighted by Crippen LogP contribution is 2.29. The smallest absolute Gasteiger partial charge is 0.112 e. The molecule has 1 aromatic rings. The summed E-state index contributed by atoms with van der Waals surface area (Å²) in [5.41, 5.74) is 1.28. The van der Waals surface area contributed by atoms with Crippen LogP contribution in [0.1, 0.15) is 42.4 Å². The van der Waals surface area contributed by atoms with Crippen molar-refractivity contribution in [2.75, 3.05) is 33.7 Å². The zero-order valence-electron chi connectivity index (χ0n) is 13.4. The third-order valence-corrected chi connectivity index (χ3v) is 5.14. The Kier molecular flexibility index (Phi) is 5.55. The minimum atomic E-state index is 0.455. The zero-order valence-corrected chi connectivity index (χ0v) is 14.3. The quantitative estimate of drug-likeness (QED) is 0.902. The van der Waals surface area contributed by atoms with Gasteiger partial charge in [-0.25, -0.2) is 4.98 Å². The molecule has 0 aromatic carbocycles. The molecule has 0 spiro atoms. The summed E-state index contributed by atoms with van der Waals surface area (Å²) in [6.07, 6.45) is 1.03. The number of piperazine rings is 1. The molecule has 1 saturated heterocycles. The summed E-state index contributed by atoms with van der Waals surface area (Å²) in [6.45, 7) is 10.9. The van der Waals surface area contributed by atoms with Gasteiger partial charge in [0.15, 0.2) is 0 Å². The lowest BCUT2D eigenvalue weighted by molar-refractivity contribution is 0.115. The van der Waals surface area contributed by atoms with Crippen molar-refractivity contribution in [3.05, 3.63) is 15.6 Å². The van der Waals surface area contributed by atoms with E-state index in [1.165, 1.54) is 15.6 Å². The molecule has 2 rings (SSSR count). The maximum Gasteiger partial charge on any atom is 0.112 e. The molecule has 1 aliphatic heterocycles. The van der Waals surface area contributed by atoms with Gasteiger partial charge in [-0.3, -0.25) is 4.90 Å². The van der Waals surface area contributed by atoms with E-state index >= 15 is 0 Å². The van der Waals surface area contributed by atoms with E-state index in [1.807, 2.05) is 11.3 Å². The molecule has 4 nitrogen and oxygen atoms in total. The standard InChI is InChI=1S/C15H28N4S/c1-6-12-14(9-16-11(2)3)20-15(17-12)13-10-18(4)7-8-19(13)5/h11,13,16H,6-10H2,1-5H3. The molecule has 1 unspecified atom stereocenters. The van der Waals surface area contributed by atoms with Crippen molar-refractivity contribution in [1.82, 2.24) is 20.1 Å². The van der Waals surface area contributed by atoms with E-state index in [9.17, 15) is 0 Å². The lowest BCUT2D eigenvalue weighted by Crippen LogP contribution is -2.44. The Morgan fingerprint density at radius 1 is 1.35 bits per heavy atom. The van der Waals surface area contributed by atoms with Crippen molar-refractivity contribution in [3.63, 3.8) is 0 Å². The first-order valence-corrected chi connectivity index (χ1v) is 8.43. The predicted octanol–water partition coefficient (Wildman–Crippen LogP) is 2.12. The second kappa shape index (κ2) is 6.98. The fourth-order valence-corrected chi connectivity index (χ4v) is 3.80. The maximum absolute atomic E-state index is 4.93. The van der Waals surface area contributed by atoms with Crippen LogP contribution in [0.2, 0.25) is 0 Å². The van der Waals surface area contributed by atoms with Crippen LogP contribution in [0.25, 0.3) is 0 Å². The van der Waals surface area contributed by atoms with Gasteiger partial charge in [-0.15, -0.1) is 11.3 Å². The number of likely N-dealkylation sites (N-methyl/N-ethyl adjacent to an activating group) is 2. The Hall–Kier alpha value is -0.490.